The van der Waals surface area contributed by atoms with Crippen LogP contribution in [-0.2, 0) is 20.7 Å². The van der Waals surface area contributed by atoms with Crippen LogP contribution in [0.3, 0.4) is 0 Å². The fourth-order valence-electron chi connectivity index (χ4n) is 3.64. The van der Waals surface area contributed by atoms with Gasteiger partial charge in [0.2, 0.25) is 5.75 Å². The summed E-state index contributed by atoms with van der Waals surface area (Å²) >= 11 is 0. The van der Waals surface area contributed by atoms with Crippen LogP contribution in [0, 0.1) is 11.8 Å². The Morgan fingerprint density at radius 1 is 1.04 bits per heavy atom. The van der Waals surface area contributed by atoms with Crippen molar-refractivity contribution < 1.29 is 28.5 Å². The first-order valence-electron chi connectivity index (χ1n) is 9.63. The predicted molar refractivity (Wildman–Crippen MR) is 105 cm³/mol. The van der Waals surface area contributed by atoms with Crippen LogP contribution >= 0.6 is 0 Å². The van der Waals surface area contributed by atoms with E-state index in [0.29, 0.717) is 34.6 Å². The average Bonchev–Trinajstić information content (AvgIpc) is 2.69. The van der Waals surface area contributed by atoms with Gasteiger partial charge in [-0.15, -0.1) is 0 Å². The monoisotopic (exact) mass is 393 g/mol. The van der Waals surface area contributed by atoms with Gasteiger partial charge in [-0.05, 0) is 36.0 Å². The SMILES string of the molecule is COc1cc(CC(=O)OCC(=O)N[C@H]2CCC[C@@H](C)[C@@H]2C)cc(OC)c1OC. The zero-order valence-corrected chi connectivity index (χ0v) is 17.4. The Kier molecular flexibility index (Phi) is 7.96. The molecular formula is C21H31NO6. The molecule has 0 bridgehead atoms. The second-order valence-electron chi connectivity index (χ2n) is 7.31. The molecule has 0 aromatic heterocycles. The molecule has 0 unspecified atom stereocenters. The molecule has 0 radical (unpaired) electrons. The Balaban J connectivity index is 1.89. The van der Waals surface area contributed by atoms with Gasteiger partial charge in [-0.2, -0.15) is 0 Å². The quantitative estimate of drug-likeness (QED) is 0.684. The predicted octanol–water partition coefficient (Wildman–Crippen LogP) is 2.74. The van der Waals surface area contributed by atoms with Crippen LogP contribution in [0.25, 0.3) is 0 Å². The summed E-state index contributed by atoms with van der Waals surface area (Å²) in [5.41, 5.74) is 0.648. The number of esters is 1. The van der Waals surface area contributed by atoms with E-state index in [1.807, 2.05) is 0 Å². The summed E-state index contributed by atoms with van der Waals surface area (Å²) in [4.78, 5) is 24.3. The van der Waals surface area contributed by atoms with E-state index in [4.69, 9.17) is 18.9 Å². The lowest BCUT2D eigenvalue weighted by molar-refractivity contribution is -0.148. The van der Waals surface area contributed by atoms with Gasteiger partial charge in [0.25, 0.3) is 5.91 Å². The van der Waals surface area contributed by atoms with E-state index in [1.165, 1.54) is 27.8 Å². The maximum absolute atomic E-state index is 12.2. The minimum absolute atomic E-state index is 0.000853. The van der Waals surface area contributed by atoms with Crippen LogP contribution in [0.5, 0.6) is 17.2 Å². The molecule has 3 atom stereocenters. The minimum Gasteiger partial charge on any atom is -0.493 e. The van der Waals surface area contributed by atoms with Crippen molar-refractivity contribution in [3.63, 3.8) is 0 Å². The van der Waals surface area contributed by atoms with Crippen molar-refractivity contribution >= 4 is 11.9 Å². The van der Waals surface area contributed by atoms with Gasteiger partial charge < -0.3 is 24.3 Å². The maximum Gasteiger partial charge on any atom is 0.310 e. The fourth-order valence-corrected chi connectivity index (χ4v) is 3.64. The lowest BCUT2D eigenvalue weighted by Crippen LogP contribution is -2.45. The summed E-state index contributed by atoms with van der Waals surface area (Å²) in [5, 5.41) is 3.00. The summed E-state index contributed by atoms with van der Waals surface area (Å²) in [7, 11) is 4.54. The molecule has 1 aromatic carbocycles. The number of hydrogen-bond acceptors (Lipinski definition) is 6. The molecule has 1 aromatic rings. The van der Waals surface area contributed by atoms with Gasteiger partial charge >= 0.3 is 5.97 Å². The number of hydrogen-bond donors (Lipinski definition) is 1. The number of amides is 1. The van der Waals surface area contributed by atoms with Crippen LogP contribution in [0.2, 0.25) is 0 Å². The molecular weight excluding hydrogens is 362 g/mol. The lowest BCUT2D eigenvalue weighted by Gasteiger charge is -2.34. The summed E-state index contributed by atoms with van der Waals surface area (Å²) in [6, 6.07) is 3.52. The summed E-state index contributed by atoms with van der Waals surface area (Å²) < 4.78 is 21.0. The van der Waals surface area contributed by atoms with E-state index in [9.17, 15) is 9.59 Å². The molecule has 1 N–H and O–H groups in total. The molecule has 1 fully saturated rings. The van der Waals surface area contributed by atoms with E-state index in [1.54, 1.807) is 12.1 Å². The topological polar surface area (TPSA) is 83.1 Å². The molecule has 1 aliphatic rings. The molecule has 1 amide bonds. The molecule has 1 saturated carbocycles. The van der Waals surface area contributed by atoms with E-state index in [0.717, 1.165) is 12.8 Å². The normalized spacial score (nSPS) is 21.5. The first-order valence-corrected chi connectivity index (χ1v) is 9.63. The summed E-state index contributed by atoms with van der Waals surface area (Å²) in [6.07, 6.45) is 3.27. The Hall–Kier alpha value is -2.44. The van der Waals surface area contributed by atoms with Crippen molar-refractivity contribution in [3.8, 4) is 17.2 Å². The highest BCUT2D eigenvalue weighted by atomic mass is 16.5. The van der Waals surface area contributed by atoms with Gasteiger partial charge in [-0.25, -0.2) is 0 Å². The molecule has 0 spiro atoms. The molecule has 7 heteroatoms. The number of carbonyl (C=O) groups excluding carboxylic acids is 2. The number of carbonyl (C=O) groups is 2. The van der Waals surface area contributed by atoms with Crippen molar-refractivity contribution in [3.05, 3.63) is 17.7 Å². The molecule has 0 heterocycles. The highest BCUT2D eigenvalue weighted by molar-refractivity contribution is 5.81. The third kappa shape index (κ3) is 5.53. The fraction of sp³-hybridized carbons (Fsp3) is 0.619. The largest absolute Gasteiger partial charge is 0.493 e. The zero-order valence-electron chi connectivity index (χ0n) is 17.4. The zero-order chi connectivity index (χ0) is 20.7. The van der Waals surface area contributed by atoms with Gasteiger partial charge in [0.15, 0.2) is 18.1 Å². The Morgan fingerprint density at radius 2 is 1.68 bits per heavy atom. The number of rotatable bonds is 8. The second-order valence-corrected chi connectivity index (χ2v) is 7.31. The van der Waals surface area contributed by atoms with Gasteiger partial charge in [0.1, 0.15) is 0 Å². The Bertz CT molecular complexity index is 664. The minimum atomic E-state index is -0.491. The third-order valence-electron chi connectivity index (χ3n) is 5.49. The van der Waals surface area contributed by atoms with Crippen molar-refractivity contribution in [1.29, 1.82) is 0 Å². The van der Waals surface area contributed by atoms with E-state index < -0.39 is 5.97 Å². The first kappa shape index (κ1) is 21.9. The molecule has 28 heavy (non-hydrogen) atoms. The third-order valence-corrected chi connectivity index (χ3v) is 5.49. The van der Waals surface area contributed by atoms with Gasteiger partial charge in [-0.3, -0.25) is 9.59 Å². The van der Waals surface area contributed by atoms with Gasteiger partial charge in [0, 0.05) is 6.04 Å². The smallest absolute Gasteiger partial charge is 0.310 e. The van der Waals surface area contributed by atoms with Crippen molar-refractivity contribution in [1.82, 2.24) is 5.32 Å². The molecule has 0 aliphatic heterocycles. The van der Waals surface area contributed by atoms with Crippen molar-refractivity contribution in [2.45, 2.75) is 45.6 Å². The number of benzene rings is 1. The summed E-state index contributed by atoms with van der Waals surface area (Å²) in [5.74, 6) is 1.64. The molecule has 7 nitrogen and oxygen atoms in total. The second kappa shape index (κ2) is 10.2. The van der Waals surface area contributed by atoms with E-state index in [-0.39, 0.29) is 25.0 Å². The van der Waals surface area contributed by atoms with Crippen LogP contribution in [0.15, 0.2) is 12.1 Å². The van der Waals surface area contributed by atoms with Crippen LogP contribution in [0.1, 0.15) is 38.7 Å². The Labute approximate surface area is 166 Å². The lowest BCUT2D eigenvalue weighted by atomic mass is 9.78. The van der Waals surface area contributed by atoms with Crippen LogP contribution in [-0.4, -0.2) is 45.9 Å². The van der Waals surface area contributed by atoms with Crippen LogP contribution in [0.4, 0.5) is 0 Å². The highest BCUT2D eigenvalue weighted by Crippen LogP contribution is 2.38. The molecule has 1 aliphatic carbocycles. The molecule has 2 rings (SSSR count). The first-order chi connectivity index (χ1) is 13.4. The Morgan fingerprint density at radius 3 is 2.25 bits per heavy atom. The highest BCUT2D eigenvalue weighted by Gasteiger charge is 2.28. The standard InChI is InChI=1S/C21H31NO6/c1-13-7-6-8-16(14(13)2)22-19(23)12-28-20(24)11-15-9-17(25-3)21(27-5)18(10-15)26-4/h9-10,13-14,16H,6-8,11-12H2,1-5H3,(H,22,23)/t13-,14+,16+/m1/s1. The summed E-state index contributed by atoms with van der Waals surface area (Å²) in [6.45, 7) is 4.09. The van der Waals surface area contributed by atoms with E-state index >= 15 is 0 Å². The number of nitrogens with one attached hydrogen (secondary N) is 1. The maximum atomic E-state index is 12.2. The van der Waals surface area contributed by atoms with Gasteiger partial charge in [-0.1, -0.05) is 26.7 Å². The van der Waals surface area contributed by atoms with Crippen molar-refractivity contribution in [2.24, 2.45) is 11.8 Å². The van der Waals surface area contributed by atoms with Crippen molar-refractivity contribution in [2.75, 3.05) is 27.9 Å². The average molecular weight is 393 g/mol. The molecule has 156 valence electrons. The molecule has 0 saturated heterocycles. The van der Waals surface area contributed by atoms with Crippen LogP contribution < -0.4 is 19.5 Å². The van der Waals surface area contributed by atoms with E-state index in [2.05, 4.69) is 19.2 Å². The van der Waals surface area contributed by atoms with Gasteiger partial charge in [0.05, 0.1) is 27.8 Å². The number of methoxy groups -OCH3 is 3. The number of ether oxygens (including phenoxy) is 4.